The van der Waals surface area contributed by atoms with Crippen molar-refractivity contribution < 1.29 is 8.42 Å². The highest BCUT2D eigenvalue weighted by molar-refractivity contribution is 8.05. The molecule has 0 aliphatic carbocycles. The molecule has 0 fully saturated rings. The Labute approximate surface area is 62.5 Å². The standard InChI is InChI=1S/C3H5N3O2S2/c4-10(7,8)3-1-2-9-6-5-3/h1-2,6H,(H2,4,7,8). The Morgan fingerprint density at radius 1 is 1.70 bits per heavy atom. The van der Waals surface area contributed by atoms with Crippen molar-refractivity contribution in [3.8, 4) is 0 Å². The van der Waals surface area contributed by atoms with Gasteiger partial charge in [0.15, 0.2) is 5.04 Å². The average Bonchev–Trinajstić information content (AvgIpc) is 1.88. The molecule has 56 valence electrons. The second kappa shape index (κ2) is 2.60. The molecule has 1 heterocycles. The number of hydrogen-bond acceptors (Lipinski definition) is 5. The van der Waals surface area contributed by atoms with Gasteiger partial charge in [-0.05, 0) is 23.4 Å². The van der Waals surface area contributed by atoms with E-state index in [0.717, 1.165) is 0 Å². The lowest BCUT2D eigenvalue weighted by atomic mass is 10.7. The predicted octanol–water partition coefficient (Wildman–Crippen LogP) is -0.646. The van der Waals surface area contributed by atoms with Crippen molar-refractivity contribution in [3.05, 3.63) is 11.5 Å². The van der Waals surface area contributed by atoms with Gasteiger partial charge >= 0.3 is 0 Å². The van der Waals surface area contributed by atoms with Gasteiger partial charge in [0.2, 0.25) is 0 Å². The van der Waals surface area contributed by atoms with E-state index in [0.29, 0.717) is 0 Å². The molecule has 0 radical (unpaired) electrons. The molecule has 3 N–H and O–H groups in total. The third-order valence-corrected chi connectivity index (χ3v) is 2.06. The van der Waals surface area contributed by atoms with Crippen LogP contribution in [0, 0.1) is 0 Å². The monoisotopic (exact) mass is 179 g/mol. The average molecular weight is 179 g/mol. The lowest BCUT2D eigenvalue weighted by Crippen LogP contribution is -2.24. The summed E-state index contributed by atoms with van der Waals surface area (Å²) >= 11 is 1.18. The smallest absolute Gasteiger partial charge is 0.246 e. The molecule has 0 saturated heterocycles. The van der Waals surface area contributed by atoms with Crippen LogP contribution < -0.4 is 9.97 Å². The first-order valence-electron chi connectivity index (χ1n) is 2.28. The Morgan fingerprint density at radius 3 is 2.70 bits per heavy atom. The van der Waals surface area contributed by atoms with Gasteiger partial charge in [-0.2, -0.15) is 5.10 Å². The Balaban J connectivity index is 2.94. The zero-order chi connectivity index (χ0) is 7.61. The molecule has 0 atom stereocenters. The normalized spacial score (nSPS) is 17.9. The van der Waals surface area contributed by atoms with E-state index >= 15 is 0 Å². The topological polar surface area (TPSA) is 84.6 Å². The van der Waals surface area contributed by atoms with Crippen LogP contribution in [0.2, 0.25) is 0 Å². The molecular formula is C3H5N3O2S2. The van der Waals surface area contributed by atoms with E-state index in [9.17, 15) is 8.42 Å². The number of hydrogen-bond donors (Lipinski definition) is 2. The third-order valence-electron chi connectivity index (χ3n) is 0.779. The minimum Gasteiger partial charge on any atom is -0.246 e. The van der Waals surface area contributed by atoms with Gasteiger partial charge in [-0.1, -0.05) is 0 Å². The Hall–Kier alpha value is -0.530. The molecule has 7 heteroatoms. The van der Waals surface area contributed by atoms with Crippen molar-refractivity contribution in [2.24, 2.45) is 10.2 Å². The number of nitrogens with two attached hydrogens (primary N) is 1. The number of nitrogens with one attached hydrogen (secondary N) is 1. The van der Waals surface area contributed by atoms with Crippen LogP contribution in [0.15, 0.2) is 16.6 Å². The van der Waals surface area contributed by atoms with Gasteiger partial charge in [0.1, 0.15) is 0 Å². The van der Waals surface area contributed by atoms with Crippen LogP contribution in [0.5, 0.6) is 0 Å². The molecule has 0 amide bonds. The summed E-state index contributed by atoms with van der Waals surface area (Å²) < 4.78 is 21.1. The molecular weight excluding hydrogens is 174 g/mol. The molecule has 0 aromatic heterocycles. The van der Waals surface area contributed by atoms with Crippen molar-refractivity contribution in [1.82, 2.24) is 4.83 Å². The summed E-state index contributed by atoms with van der Waals surface area (Å²) in [5, 5.41) is 9.58. The third kappa shape index (κ3) is 1.72. The number of hydrazone groups is 1. The lowest BCUT2D eigenvalue weighted by Gasteiger charge is -2.02. The quantitative estimate of drug-likeness (QED) is 0.484. The van der Waals surface area contributed by atoms with Crippen LogP contribution in [0.1, 0.15) is 0 Å². The highest BCUT2D eigenvalue weighted by Crippen LogP contribution is 2.03. The van der Waals surface area contributed by atoms with Crippen LogP contribution in [0.4, 0.5) is 0 Å². The van der Waals surface area contributed by atoms with Crippen molar-refractivity contribution in [3.63, 3.8) is 0 Å². The van der Waals surface area contributed by atoms with Gasteiger partial charge in [0.05, 0.1) is 0 Å². The van der Waals surface area contributed by atoms with Gasteiger partial charge in [0.25, 0.3) is 10.0 Å². The van der Waals surface area contributed by atoms with Gasteiger partial charge < -0.3 is 0 Å². The van der Waals surface area contributed by atoms with E-state index < -0.39 is 10.0 Å². The first kappa shape index (κ1) is 7.58. The summed E-state index contributed by atoms with van der Waals surface area (Å²) in [5.74, 6) is 0. The van der Waals surface area contributed by atoms with Crippen molar-refractivity contribution >= 4 is 27.0 Å². The maximum atomic E-state index is 10.5. The molecule has 0 unspecified atom stereocenters. The Bertz CT molecular complexity index is 278. The predicted molar refractivity (Wildman–Crippen MR) is 40.4 cm³/mol. The van der Waals surface area contributed by atoms with E-state index in [2.05, 4.69) is 9.93 Å². The Kier molecular flexibility index (Phi) is 1.97. The van der Waals surface area contributed by atoms with E-state index in [1.54, 1.807) is 5.41 Å². The second-order valence-corrected chi connectivity index (χ2v) is 3.71. The van der Waals surface area contributed by atoms with E-state index in [1.807, 2.05) is 0 Å². The molecule has 0 aromatic carbocycles. The molecule has 0 bridgehead atoms. The number of sulfonamides is 1. The zero-order valence-corrected chi connectivity index (χ0v) is 6.45. The molecule has 10 heavy (non-hydrogen) atoms. The fourth-order valence-electron chi connectivity index (χ4n) is 0.390. The molecule has 1 rings (SSSR count). The summed E-state index contributed by atoms with van der Waals surface area (Å²) in [7, 11) is -3.64. The molecule has 0 spiro atoms. The summed E-state index contributed by atoms with van der Waals surface area (Å²) in [6.45, 7) is 0. The van der Waals surface area contributed by atoms with Crippen LogP contribution in [-0.2, 0) is 10.0 Å². The van der Waals surface area contributed by atoms with E-state index in [1.165, 1.54) is 18.0 Å². The van der Waals surface area contributed by atoms with Crippen LogP contribution in [0.3, 0.4) is 0 Å². The van der Waals surface area contributed by atoms with Gasteiger partial charge in [-0.3, -0.25) is 0 Å². The first-order valence-corrected chi connectivity index (χ1v) is 4.71. The van der Waals surface area contributed by atoms with Crippen LogP contribution in [0.25, 0.3) is 0 Å². The fourth-order valence-corrected chi connectivity index (χ4v) is 1.37. The number of rotatable bonds is 0. The minimum atomic E-state index is -3.64. The first-order chi connectivity index (χ1) is 4.61. The fraction of sp³-hybridized carbons (Fsp3) is 0. The SMILES string of the molecule is NS(=O)(=O)C1=NNSC=C1. The van der Waals surface area contributed by atoms with E-state index in [4.69, 9.17) is 5.14 Å². The molecule has 0 aromatic rings. The lowest BCUT2D eigenvalue weighted by molar-refractivity contribution is 0.608. The summed E-state index contributed by atoms with van der Waals surface area (Å²) in [6, 6.07) is 0. The van der Waals surface area contributed by atoms with Crippen molar-refractivity contribution in [1.29, 1.82) is 0 Å². The molecule has 5 nitrogen and oxygen atoms in total. The Morgan fingerprint density at radius 2 is 2.40 bits per heavy atom. The zero-order valence-electron chi connectivity index (χ0n) is 4.81. The van der Waals surface area contributed by atoms with Gasteiger partial charge in [0, 0.05) is 0 Å². The van der Waals surface area contributed by atoms with Crippen LogP contribution >= 0.6 is 11.9 Å². The molecule has 1 aliphatic rings. The highest BCUT2D eigenvalue weighted by atomic mass is 32.2. The van der Waals surface area contributed by atoms with Crippen molar-refractivity contribution in [2.75, 3.05) is 0 Å². The largest absolute Gasteiger partial charge is 0.257 e. The molecule has 0 saturated carbocycles. The van der Waals surface area contributed by atoms with Gasteiger partial charge in [-0.25, -0.2) is 18.4 Å². The number of nitrogens with zero attached hydrogens (tertiary/aromatic N) is 1. The maximum Gasteiger partial charge on any atom is 0.257 e. The van der Waals surface area contributed by atoms with Crippen LogP contribution in [-0.4, -0.2) is 13.5 Å². The summed E-state index contributed by atoms with van der Waals surface area (Å²) in [5.41, 5.74) is 0. The summed E-state index contributed by atoms with van der Waals surface area (Å²) in [4.78, 5) is 2.40. The summed E-state index contributed by atoms with van der Waals surface area (Å²) in [6.07, 6.45) is 1.33. The van der Waals surface area contributed by atoms with Gasteiger partial charge in [-0.15, -0.1) is 0 Å². The molecule has 1 aliphatic heterocycles. The van der Waals surface area contributed by atoms with E-state index in [-0.39, 0.29) is 5.04 Å². The number of primary sulfonamides is 1. The minimum absolute atomic E-state index is 0.147. The van der Waals surface area contributed by atoms with Crippen molar-refractivity contribution in [2.45, 2.75) is 0 Å². The maximum absolute atomic E-state index is 10.5. The second-order valence-electron chi connectivity index (χ2n) is 1.51. The highest BCUT2D eigenvalue weighted by Gasteiger charge is 2.11.